The first-order chi connectivity index (χ1) is 17.1. The van der Waals surface area contributed by atoms with Crippen LogP contribution in [0.2, 0.25) is 15.1 Å². The highest BCUT2D eigenvalue weighted by atomic mass is 35.5. The van der Waals surface area contributed by atoms with E-state index in [4.69, 9.17) is 34.8 Å². The average molecular weight is 567 g/mol. The highest BCUT2D eigenvalue weighted by molar-refractivity contribution is 7.99. The van der Waals surface area contributed by atoms with Crippen LogP contribution in [0.5, 0.6) is 0 Å². The first kappa shape index (κ1) is 28.1. The molecule has 36 heavy (non-hydrogen) atoms. The Balaban J connectivity index is 1.75. The second kappa shape index (κ2) is 12.6. The number of carbonyl (C=O) groups is 2. The molecule has 3 aromatic rings. The molecule has 7 nitrogen and oxygen atoms in total. The molecule has 0 aliphatic carbocycles. The highest BCUT2D eigenvalue weighted by Crippen LogP contribution is 2.32. The van der Waals surface area contributed by atoms with Gasteiger partial charge in [0, 0.05) is 12.1 Å². The number of halogens is 3. The second-order valence-corrected chi connectivity index (χ2v) is 10.5. The summed E-state index contributed by atoms with van der Waals surface area (Å²) in [5, 5.41) is 15.8. The van der Waals surface area contributed by atoms with Gasteiger partial charge in [-0.1, -0.05) is 84.2 Å². The molecule has 190 valence electrons. The van der Waals surface area contributed by atoms with Crippen LogP contribution in [0.1, 0.15) is 41.6 Å². The van der Waals surface area contributed by atoms with Gasteiger partial charge >= 0.3 is 0 Å². The molecule has 1 aromatic heterocycles. The third kappa shape index (κ3) is 7.03. The Labute approximate surface area is 229 Å². The molecule has 0 unspecified atom stereocenters. The largest absolute Gasteiger partial charge is 0.342 e. The van der Waals surface area contributed by atoms with Crippen molar-refractivity contribution in [3.8, 4) is 0 Å². The summed E-state index contributed by atoms with van der Waals surface area (Å²) in [4.78, 5) is 25.5. The van der Waals surface area contributed by atoms with E-state index >= 15 is 0 Å². The van der Waals surface area contributed by atoms with Crippen LogP contribution < -0.4 is 10.6 Å². The lowest BCUT2D eigenvalue weighted by atomic mass is 10.0. The third-order valence-electron chi connectivity index (χ3n) is 5.22. The molecule has 0 aliphatic heterocycles. The Morgan fingerprint density at radius 1 is 1.08 bits per heavy atom. The van der Waals surface area contributed by atoms with E-state index in [2.05, 4.69) is 27.4 Å². The number of aryl methyl sites for hydroxylation is 1. The summed E-state index contributed by atoms with van der Waals surface area (Å²) < 4.78 is 1.84. The minimum Gasteiger partial charge on any atom is -0.342 e. The summed E-state index contributed by atoms with van der Waals surface area (Å²) in [6, 6.07) is 9.93. The molecule has 11 heteroatoms. The molecule has 0 radical (unpaired) electrons. The molecule has 0 saturated heterocycles. The topological polar surface area (TPSA) is 88.9 Å². The van der Waals surface area contributed by atoms with E-state index in [-0.39, 0.29) is 33.5 Å². The van der Waals surface area contributed by atoms with Crippen molar-refractivity contribution < 1.29 is 9.59 Å². The first-order valence-electron chi connectivity index (χ1n) is 11.1. The quantitative estimate of drug-likeness (QED) is 0.164. The zero-order chi connectivity index (χ0) is 26.4. The molecule has 0 fully saturated rings. The Morgan fingerprint density at radius 3 is 2.39 bits per heavy atom. The zero-order valence-electron chi connectivity index (χ0n) is 20.0. The first-order valence-corrected chi connectivity index (χ1v) is 13.2. The van der Waals surface area contributed by atoms with Crippen LogP contribution in [-0.2, 0) is 11.3 Å². The molecular weight excluding hydrogens is 541 g/mol. The van der Waals surface area contributed by atoms with E-state index in [9.17, 15) is 9.59 Å². The smallest absolute Gasteiger partial charge is 0.251 e. The van der Waals surface area contributed by atoms with Gasteiger partial charge in [-0.3, -0.25) is 9.59 Å². The van der Waals surface area contributed by atoms with Gasteiger partial charge < -0.3 is 15.2 Å². The predicted molar refractivity (Wildman–Crippen MR) is 147 cm³/mol. The average Bonchev–Trinajstić information content (AvgIpc) is 3.22. The number of rotatable bonds is 10. The van der Waals surface area contributed by atoms with Crippen molar-refractivity contribution in [3.63, 3.8) is 0 Å². The number of anilines is 1. The number of allylic oxidation sites excluding steroid dienone is 1. The van der Waals surface area contributed by atoms with Crippen LogP contribution in [0.4, 0.5) is 5.69 Å². The maximum atomic E-state index is 12.9. The number of amides is 2. The van der Waals surface area contributed by atoms with E-state index < -0.39 is 6.04 Å². The standard InChI is InChI=1S/C25H26Cl3N5O2S/c1-5-10-33-23(22(14(2)3)30-24(35)16-8-6-15(4)7-9-16)31-32-25(33)36-13-21(34)29-20-12-18(27)17(26)11-19(20)28/h5-9,11-12,14,22H,1,10,13H2,2-4H3,(H,29,34)(H,30,35)/t22-/m1/s1. The normalized spacial score (nSPS) is 11.9. The Kier molecular flexibility index (Phi) is 9.84. The summed E-state index contributed by atoms with van der Waals surface area (Å²) in [5.41, 5.74) is 2.00. The van der Waals surface area contributed by atoms with E-state index in [1.165, 1.54) is 23.9 Å². The molecular formula is C25H26Cl3N5O2S. The third-order valence-corrected chi connectivity index (χ3v) is 7.22. The van der Waals surface area contributed by atoms with Crippen molar-refractivity contribution in [1.82, 2.24) is 20.1 Å². The molecule has 1 heterocycles. The number of aromatic nitrogens is 3. The van der Waals surface area contributed by atoms with Crippen LogP contribution in [0.25, 0.3) is 0 Å². The molecule has 0 aliphatic rings. The van der Waals surface area contributed by atoms with Gasteiger partial charge in [0.05, 0.1) is 32.5 Å². The molecule has 0 spiro atoms. The lowest BCUT2D eigenvalue weighted by Gasteiger charge is -2.22. The van der Waals surface area contributed by atoms with Gasteiger partial charge in [-0.05, 0) is 37.1 Å². The fourth-order valence-electron chi connectivity index (χ4n) is 3.33. The number of thioether (sulfide) groups is 1. The van der Waals surface area contributed by atoms with Gasteiger partial charge in [0.15, 0.2) is 11.0 Å². The number of hydrogen-bond donors (Lipinski definition) is 2. The zero-order valence-corrected chi connectivity index (χ0v) is 23.1. The van der Waals surface area contributed by atoms with Gasteiger partial charge in [-0.15, -0.1) is 16.8 Å². The fraction of sp³-hybridized carbons (Fsp3) is 0.280. The van der Waals surface area contributed by atoms with Crippen LogP contribution in [0, 0.1) is 12.8 Å². The summed E-state index contributed by atoms with van der Waals surface area (Å²) in [6.07, 6.45) is 1.71. The van der Waals surface area contributed by atoms with E-state index in [0.29, 0.717) is 33.8 Å². The monoisotopic (exact) mass is 565 g/mol. The maximum absolute atomic E-state index is 12.9. The second-order valence-electron chi connectivity index (χ2n) is 8.38. The SMILES string of the molecule is C=CCn1c(SCC(=O)Nc2cc(Cl)c(Cl)cc2Cl)nnc1[C@H](NC(=O)c1ccc(C)cc1)C(C)C. The van der Waals surface area contributed by atoms with Gasteiger partial charge in [-0.2, -0.15) is 0 Å². The summed E-state index contributed by atoms with van der Waals surface area (Å²) in [7, 11) is 0. The van der Waals surface area contributed by atoms with Crippen molar-refractivity contribution >= 4 is 64.1 Å². The van der Waals surface area contributed by atoms with Gasteiger partial charge in [0.25, 0.3) is 5.91 Å². The van der Waals surface area contributed by atoms with Crippen molar-refractivity contribution in [2.24, 2.45) is 5.92 Å². The van der Waals surface area contributed by atoms with E-state index in [1.54, 1.807) is 18.2 Å². The number of carbonyl (C=O) groups excluding carboxylic acids is 2. The van der Waals surface area contributed by atoms with Crippen LogP contribution in [0.15, 0.2) is 54.2 Å². The van der Waals surface area contributed by atoms with Gasteiger partial charge in [-0.25, -0.2) is 0 Å². The molecule has 3 rings (SSSR count). The van der Waals surface area contributed by atoms with Crippen LogP contribution in [-0.4, -0.2) is 32.3 Å². The molecule has 0 saturated carbocycles. The summed E-state index contributed by atoms with van der Waals surface area (Å²) >= 11 is 19.3. The number of nitrogens with one attached hydrogen (secondary N) is 2. The number of nitrogens with zero attached hydrogens (tertiary/aromatic N) is 3. The van der Waals surface area contributed by atoms with Crippen LogP contribution >= 0.6 is 46.6 Å². The van der Waals surface area contributed by atoms with Crippen molar-refractivity contribution in [3.05, 3.63) is 81.1 Å². The predicted octanol–water partition coefficient (Wildman–Crippen LogP) is 6.59. The molecule has 2 aromatic carbocycles. The molecule has 1 atom stereocenters. The van der Waals surface area contributed by atoms with Gasteiger partial charge in [0.2, 0.25) is 5.91 Å². The fourth-order valence-corrected chi connectivity index (χ4v) is 4.68. The van der Waals surface area contributed by atoms with E-state index in [1.807, 2.05) is 37.5 Å². The Bertz CT molecular complexity index is 1260. The molecule has 2 amide bonds. The Hall–Kier alpha value is -2.52. The minimum absolute atomic E-state index is 0.0325. The lowest BCUT2D eigenvalue weighted by molar-refractivity contribution is -0.113. The number of benzene rings is 2. The van der Waals surface area contributed by atoms with E-state index in [0.717, 1.165) is 5.56 Å². The lowest BCUT2D eigenvalue weighted by Crippen LogP contribution is -2.33. The highest BCUT2D eigenvalue weighted by Gasteiger charge is 2.26. The van der Waals surface area contributed by atoms with Crippen LogP contribution in [0.3, 0.4) is 0 Å². The molecule has 0 bridgehead atoms. The van der Waals surface area contributed by atoms with Crippen molar-refractivity contribution in [2.45, 2.75) is 38.5 Å². The Morgan fingerprint density at radius 2 is 1.75 bits per heavy atom. The number of hydrogen-bond acceptors (Lipinski definition) is 5. The minimum atomic E-state index is -0.399. The van der Waals surface area contributed by atoms with Crippen molar-refractivity contribution in [2.75, 3.05) is 11.1 Å². The van der Waals surface area contributed by atoms with Gasteiger partial charge in [0.1, 0.15) is 0 Å². The van der Waals surface area contributed by atoms with Crippen molar-refractivity contribution in [1.29, 1.82) is 0 Å². The maximum Gasteiger partial charge on any atom is 0.251 e. The summed E-state index contributed by atoms with van der Waals surface area (Å²) in [6.45, 7) is 10.2. The molecule has 2 N–H and O–H groups in total. The summed E-state index contributed by atoms with van der Waals surface area (Å²) in [5.74, 6) is 0.163.